The van der Waals surface area contributed by atoms with E-state index in [9.17, 15) is 9.59 Å². The Morgan fingerprint density at radius 2 is 1.97 bits per heavy atom. The molecule has 0 saturated heterocycles. The number of hydrogen-bond acceptors (Lipinski definition) is 5. The number of hydrogen-bond donors (Lipinski definition) is 1. The third-order valence-electron chi connectivity index (χ3n) is 5.02. The highest BCUT2D eigenvalue weighted by Crippen LogP contribution is 2.30. The number of rotatable bonds is 6. The average Bonchev–Trinajstić information content (AvgIpc) is 3.12. The second-order valence-electron chi connectivity index (χ2n) is 7.94. The number of para-hydroxylation sites is 1. The van der Waals surface area contributed by atoms with E-state index in [2.05, 4.69) is 15.9 Å². The second-order valence-corrected chi connectivity index (χ2v) is 8.79. The quantitative estimate of drug-likeness (QED) is 0.495. The Labute approximate surface area is 185 Å². The van der Waals surface area contributed by atoms with Crippen LogP contribution < -0.4 is 15.4 Å². The summed E-state index contributed by atoms with van der Waals surface area (Å²) in [7, 11) is 0. The molecule has 0 aliphatic carbocycles. The normalized spacial score (nSPS) is 13.9. The van der Waals surface area contributed by atoms with Crippen molar-refractivity contribution in [3.05, 3.63) is 57.6 Å². The Morgan fingerprint density at radius 3 is 2.67 bits per heavy atom. The molecular formula is C23H27BrN2O4. The van der Waals surface area contributed by atoms with Gasteiger partial charge >= 0.3 is 6.16 Å². The van der Waals surface area contributed by atoms with E-state index in [-0.39, 0.29) is 11.8 Å². The predicted molar refractivity (Wildman–Crippen MR) is 120 cm³/mol. The summed E-state index contributed by atoms with van der Waals surface area (Å²) in [6.07, 6.45) is 0.487. The molecule has 0 saturated carbocycles. The third-order valence-corrected chi connectivity index (χ3v) is 5.73. The van der Waals surface area contributed by atoms with Gasteiger partial charge in [-0.25, -0.2) is 4.79 Å². The van der Waals surface area contributed by atoms with E-state index >= 15 is 0 Å². The summed E-state index contributed by atoms with van der Waals surface area (Å²) in [6, 6.07) is 10.7. The monoisotopic (exact) mass is 474 g/mol. The number of aryl methyl sites for hydroxylation is 1. The SMILES string of the molecule is Cc1cc(OC(=O)OCC(C)C)cc(Br)c1C[C@@H](N)C(=O)N1CCc2ccccc21. The van der Waals surface area contributed by atoms with Crippen LogP contribution in [-0.2, 0) is 22.4 Å². The maximum atomic E-state index is 13.0. The molecular weight excluding hydrogens is 448 g/mol. The maximum Gasteiger partial charge on any atom is 0.513 e. The fourth-order valence-corrected chi connectivity index (χ4v) is 4.20. The van der Waals surface area contributed by atoms with Crippen LogP contribution in [0, 0.1) is 12.8 Å². The molecule has 0 bridgehead atoms. The zero-order valence-electron chi connectivity index (χ0n) is 17.5. The lowest BCUT2D eigenvalue weighted by Gasteiger charge is -2.22. The molecule has 0 radical (unpaired) electrons. The van der Waals surface area contributed by atoms with Gasteiger partial charge < -0.3 is 20.1 Å². The summed E-state index contributed by atoms with van der Waals surface area (Å²) in [6.45, 7) is 6.75. The van der Waals surface area contributed by atoms with Gasteiger partial charge in [-0.1, -0.05) is 48.0 Å². The lowest BCUT2D eigenvalue weighted by Crippen LogP contribution is -2.44. The molecule has 1 aliphatic heterocycles. The smallest absolute Gasteiger partial charge is 0.434 e. The van der Waals surface area contributed by atoms with Crippen LogP contribution in [0.5, 0.6) is 5.75 Å². The van der Waals surface area contributed by atoms with Gasteiger partial charge in [-0.05, 0) is 60.6 Å². The van der Waals surface area contributed by atoms with Gasteiger partial charge in [0.15, 0.2) is 0 Å². The number of nitrogens with two attached hydrogens (primary N) is 1. The third kappa shape index (κ3) is 5.21. The van der Waals surface area contributed by atoms with E-state index in [0.717, 1.165) is 27.7 Å². The van der Waals surface area contributed by atoms with E-state index in [1.807, 2.05) is 45.0 Å². The number of halogens is 1. The maximum absolute atomic E-state index is 13.0. The Morgan fingerprint density at radius 1 is 1.23 bits per heavy atom. The Bertz CT molecular complexity index is 922. The number of ether oxygens (including phenoxy) is 2. The summed E-state index contributed by atoms with van der Waals surface area (Å²) in [5, 5.41) is 0. The van der Waals surface area contributed by atoms with Crippen LogP contribution in [0.1, 0.15) is 30.5 Å². The minimum Gasteiger partial charge on any atom is -0.434 e. The first-order valence-corrected chi connectivity index (χ1v) is 10.8. The zero-order valence-corrected chi connectivity index (χ0v) is 19.1. The van der Waals surface area contributed by atoms with Crippen LogP contribution in [-0.4, -0.2) is 31.3 Å². The molecule has 6 nitrogen and oxygen atoms in total. The molecule has 0 unspecified atom stereocenters. The van der Waals surface area contributed by atoms with E-state index in [1.54, 1.807) is 17.0 Å². The minimum atomic E-state index is -0.734. The van der Waals surface area contributed by atoms with Crippen molar-refractivity contribution < 1.29 is 19.1 Å². The second kappa shape index (κ2) is 9.62. The molecule has 2 N–H and O–H groups in total. The van der Waals surface area contributed by atoms with Gasteiger partial charge in [-0.15, -0.1) is 0 Å². The van der Waals surface area contributed by atoms with Gasteiger partial charge in [-0.3, -0.25) is 4.79 Å². The van der Waals surface area contributed by atoms with Crippen molar-refractivity contribution >= 4 is 33.7 Å². The van der Waals surface area contributed by atoms with Crippen LogP contribution in [0.4, 0.5) is 10.5 Å². The molecule has 2 aromatic carbocycles. The predicted octanol–water partition coefficient (Wildman–Crippen LogP) is 4.39. The summed E-state index contributed by atoms with van der Waals surface area (Å²) < 4.78 is 11.0. The molecule has 160 valence electrons. The van der Waals surface area contributed by atoms with Crippen molar-refractivity contribution in [1.82, 2.24) is 0 Å². The first-order chi connectivity index (χ1) is 14.3. The fraction of sp³-hybridized carbons (Fsp3) is 0.391. The standard InChI is InChI=1S/C23H27BrN2O4/c1-14(2)13-29-23(28)30-17-10-15(3)18(19(24)11-17)12-20(25)22(27)26-9-8-16-6-4-5-7-21(16)26/h4-7,10-11,14,20H,8-9,12-13,25H2,1-3H3/t20-/m1/s1. The highest BCUT2D eigenvalue weighted by molar-refractivity contribution is 9.10. The Kier molecular flexibility index (Phi) is 7.15. The molecule has 1 atom stereocenters. The highest BCUT2D eigenvalue weighted by atomic mass is 79.9. The van der Waals surface area contributed by atoms with Gasteiger partial charge in [0, 0.05) is 16.7 Å². The van der Waals surface area contributed by atoms with E-state index in [0.29, 0.717) is 25.3 Å². The van der Waals surface area contributed by atoms with Crippen molar-refractivity contribution in [2.75, 3.05) is 18.1 Å². The molecule has 3 rings (SSSR count). The minimum absolute atomic E-state index is 0.0937. The van der Waals surface area contributed by atoms with E-state index < -0.39 is 12.2 Å². The van der Waals surface area contributed by atoms with Crippen molar-refractivity contribution in [3.63, 3.8) is 0 Å². The van der Waals surface area contributed by atoms with Crippen LogP contribution in [0.2, 0.25) is 0 Å². The van der Waals surface area contributed by atoms with Crippen LogP contribution in [0.15, 0.2) is 40.9 Å². The Hall–Kier alpha value is -2.38. The highest BCUT2D eigenvalue weighted by Gasteiger charge is 2.29. The average molecular weight is 475 g/mol. The zero-order chi connectivity index (χ0) is 21.8. The van der Waals surface area contributed by atoms with E-state index in [4.69, 9.17) is 15.2 Å². The summed E-state index contributed by atoms with van der Waals surface area (Å²) in [5.74, 6) is 0.518. The molecule has 7 heteroatoms. The van der Waals surface area contributed by atoms with Crippen molar-refractivity contribution in [2.24, 2.45) is 11.7 Å². The number of benzene rings is 2. The van der Waals surface area contributed by atoms with Crippen molar-refractivity contribution in [1.29, 1.82) is 0 Å². The number of carbonyl (C=O) groups excluding carboxylic acids is 2. The van der Waals surface area contributed by atoms with E-state index in [1.165, 1.54) is 5.56 Å². The molecule has 0 fully saturated rings. The van der Waals surface area contributed by atoms with Gasteiger partial charge in [0.25, 0.3) is 0 Å². The number of fused-ring (bicyclic) bond motifs is 1. The summed E-state index contributed by atoms with van der Waals surface area (Å²) >= 11 is 3.52. The Balaban J connectivity index is 1.68. The molecule has 0 spiro atoms. The van der Waals surface area contributed by atoms with Crippen molar-refractivity contribution in [2.45, 2.75) is 39.7 Å². The van der Waals surface area contributed by atoms with Crippen LogP contribution in [0.25, 0.3) is 0 Å². The van der Waals surface area contributed by atoms with Crippen LogP contribution >= 0.6 is 15.9 Å². The molecule has 0 aromatic heterocycles. The number of amides is 1. The van der Waals surface area contributed by atoms with Gasteiger partial charge in [0.2, 0.25) is 5.91 Å². The summed E-state index contributed by atoms with van der Waals surface area (Å²) in [5.41, 5.74) is 10.2. The van der Waals surface area contributed by atoms with Crippen molar-refractivity contribution in [3.8, 4) is 5.75 Å². The topological polar surface area (TPSA) is 81.9 Å². The van der Waals surface area contributed by atoms with Crippen LogP contribution in [0.3, 0.4) is 0 Å². The lowest BCUT2D eigenvalue weighted by atomic mass is 10.0. The summed E-state index contributed by atoms with van der Waals surface area (Å²) in [4.78, 5) is 26.6. The molecule has 1 heterocycles. The number of anilines is 1. The van der Waals surface area contributed by atoms with Gasteiger partial charge in [0.1, 0.15) is 5.75 Å². The fourth-order valence-electron chi connectivity index (χ4n) is 3.49. The van der Waals surface area contributed by atoms with Gasteiger partial charge in [0.05, 0.1) is 12.6 Å². The first kappa shape index (κ1) is 22.3. The molecule has 1 aliphatic rings. The molecule has 30 heavy (non-hydrogen) atoms. The molecule has 2 aromatic rings. The lowest BCUT2D eigenvalue weighted by molar-refractivity contribution is -0.119. The van der Waals surface area contributed by atoms with Gasteiger partial charge in [-0.2, -0.15) is 0 Å². The molecule has 1 amide bonds. The number of carbonyl (C=O) groups is 2. The number of nitrogens with zero attached hydrogens (tertiary/aromatic N) is 1. The first-order valence-electron chi connectivity index (χ1n) is 10.0. The largest absolute Gasteiger partial charge is 0.513 e.